The van der Waals surface area contributed by atoms with Crippen molar-refractivity contribution in [3.63, 3.8) is 0 Å². The van der Waals surface area contributed by atoms with Crippen LogP contribution < -0.4 is 11.5 Å². The van der Waals surface area contributed by atoms with E-state index in [0.29, 0.717) is 23.8 Å². The Morgan fingerprint density at radius 3 is 2.26 bits per heavy atom. The van der Waals surface area contributed by atoms with Crippen LogP contribution in [0.4, 0.5) is 14.6 Å². The zero-order valence-corrected chi connectivity index (χ0v) is 19.4. The Hall–Kier alpha value is -3.80. The molecule has 2 heterocycles. The average molecular weight is 492 g/mol. The minimum atomic E-state index is -4.65. The van der Waals surface area contributed by atoms with Gasteiger partial charge in [-0.15, -0.1) is 0 Å². The highest BCUT2D eigenvalue weighted by molar-refractivity contribution is 7.91. The van der Waals surface area contributed by atoms with Crippen LogP contribution in [0.25, 0.3) is 0 Å². The molecule has 0 radical (unpaired) electrons. The Labute approximate surface area is 194 Å². The molecule has 1 aromatic carbocycles. The van der Waals surface area contributed by atoms with Crippen molar-refractivity contribution in [1.82, 2.24) is 14.9 Å². The van der Waals surface area contributed by atoms with Crippen molar-refractivity contribution in [3.05, 3.63) is 70.7 Å². The Morgan fingerprint density at radius 1 is 1.12 bits per heavy atom. The van der Waals surface area contributed by atoms with Crippen LogP contribution in [0.1, 0.15) is 51.9 Å². The van der Waals surface area contributed by atoms with E-state index >= 15 is 0 Å². The number of nitrogen functional groups attached to an aromatic ring is 1. The van der Waals surface area contributed by atoms with Gasteiger partial charge < -0.3 is 21.4 Å². The number of nitrogens with two attached hydrogens (primary N) is 2. The lowest BCUT2D eigenvalue weighted by Crippen LogP contribution is -2.28. The fraction of sp³-hybridized carbons (Fsp3) is 0.227. The molecule has 2 aromatic heterocycles. The van der Waals surface area contributed by atoms with Crippen LogP contribution in [-0.4, -0.2) is 42.1 Å². The third-order valence-electron chi connectivity index (χ3n) is 5.06. The van der Waals surface area contributed by atoms with Gasteiger partial charge in [-0.1, -0.05) is 13.8 Å². The minimum absolute atomic E-state index is 0.0236. The summed E-state index contributed by atoms with van der Waals surface area (Å²) in [5.41, 5.74) is 11.0. The summed E-state index contributed by atoms with van der Waals surface area (Å²) in [6.45, 7) is 3.32. The van der Waals surface area contributed by atoms with Crippen molar-refractivity contribution in [2.45, 2.75) is 36.1 Å². The fourth-order valence-corrected chi connectivity index (χ4v) is 5.42. The molecule has 180 valence electrons. The maximum absolute atomic E-state index is 13.8. The molecule has 0 bridgehead atoms. The summed E-state index contributed by atoms with van der Waals surface area (Å²) < 4.78 is 54.4. The zero-order valence-electron chi connectivity index (χ0n) is 18.6. The number of pyridine rings is 1. The molecule has 12 heteroatoms. The number of carbonyl (C=O) groups excluding carboxylic acids is 2. The highest BCUT2D eigenvalue weighted by Gasteiger charge is 2.36. The largest absolute Gasteiger partial charge is 0.384 e. The van der Waals surface area contributed by atoms with Crippen molar-refractivity contribution < 1.29 is 26.8 Å². The highest BCUT2D eigenvalue weighted by Crippen LogP contribution is 2.35. The van der Waals surface area contributed by atoms with E-state index in [0.717, 1.165) is 0 Å². The van der Waals surface area contributed by atoms with Gasteiger partial charge in [-0.2, -0.15) is 0 Å². The van der Waals surface area contributed by atoms with Gasteiger partial charge in [0.05, 0.1) is 4.90 Å². The van der Waals surface area contributed by atoms with E-state index in [9.17, 15) is 26.8 Å². The fourth-order valence-electron chi connectivity index (χ4n) is 3.60. The molecular formula is C22H23F2N5O4S. The molecular weight excluding hydrogens is 468 g/mol. The van der Waals surface area contributed by atoms with Gasteiger partial charge in [-0.25, -0.2) is 22.2 Å². The van der Waals surface area contributed by atoms with E-state index in [1.54, 1.807) is 26.0 Å². The number of halogens is 2. The monoisotopic (exact) mass is 491 g/mol. The van der Waals surface area contributed by atoms with E-state index < -0.39 is 54.7 Å². The summed E-state index contributed by atoms with van der Waals surface area (Å²) >= 11 is 0. The van der Waals surface area contributed by atoms with Crippen LogP contribution in [-0.2, 0) is 16.4 Å². The van der Waals surface area contributed by atoms with E-state index in [1.165, 1.54) is 18.1 Å². The van der Waals surface area contributed by atoms with Gasteiger partial charge in [0.1, 0.15) is 33.7 Å². The van der Waals surface area contributed by atoms with Gasteiger partial charge in [0.15, 0.2) is 0 Å². The van der Waals surface area contributed by atoms with Gasteiger partial charge in [0.2, 0.25) is 9.84 Å². The van der Waals surface area contributed by atoms with Crippen LogP contribution in [0.2, 0.25) is 0 Å². The first-order valence-corrected chi connectivity index (χ1v) is 11.5. The van der Waals surface area contributed by atoms with E-state index in [4.69, 9.17) is 11.5 Å². The summed E-state index contributed by atoms with van der Waals surface area (Å²) in [5, 5.41) is 0. The molecule has 34 heavy (non-hydrogen) atoms. The Morgan fingerprint density at radius 2 is 1.74 bits per heavy atom. The molecule has 9 nitrogen and oxygen atoms in total. The van der Waals surface area contributed by atoms with Crippen molar-refractivity contribution >= 4 is 27.5 Å². The highest BCUT2D eigenvalue weighted by atomic mass is 32.2. The average Bonchev–Trinajstić information content (AvgIpc) is 3.14. The number of hydrogen-bond donors (Lipinski definition) is 3. The SMILES string of the molecule is CC(C)c1c(C(=O)N(C)Cc2ccnc(N)c2)[nH]c(C(N)=O)c1S(=O)(=O)c1cc(F)cc(F)c1. The summed E-state index contributed by atoms with van der Waals surface area (Å²) in [4.78, 5) is 31.9. The minimum Gasteiger partial charge on any atom is -0.384 e. The van der Waals surface area contributed by atoms with Gasteiger partial charge in [0.25, 0.3) is 11.8 Å². The topological polar surface area (TPSA) is 152 Å². The van der Waals surface area contributed by atoms with Crippen molar-refractivity contribution in [2.24, 2.45) is 5.73 Å². The number of hydrogen-bond acceptors (Lipinski definition) is 6. The predicted molar refractivity (Wildman–Crippen MR) is 120 cm³/mol. The van der Waals surface area contributed by atoms with Crippen molar-refractivity contribution in [1.29, 1.82) is 0 Å². The molecule has 0 spiro atoms. The van der Waals surface area contributed by atoms with Crippen LogP contribution >= 0.6 is 0 Å². The summed E-state index contributed by atoms with van der Waals surface area (Å²) in [5.74, 6) is -4.35. The number of H-pyrrole nitrogens is 1. The van der Waals surface area contributed by atoms with Crippen molar-refractivity contribution in [2.75, 3.05) is 12.8 Å². The number of benzene rings is 1. The number of nitrogens with one attached hydrogen (secondary N) is 1. The van der Waals surface area contributed by atoms with Gasteiger partial charge in [0, 0.05) is 31.4 Å². The molecule has 2 amide bonds. The Balaban J connectivity index is 2.18. The lowest BCUT2D eigenvalue weighted by atomic mass is 10.0. The van der Waals surface area contributed by atoms with Crippen molar-refractivity contribution in [3.8, 4) is 0 Å². The summed E-state index contributed by atoms with van der Waals surface area (Å²) in [6, 6.07) is 5.00. The lowest BCUT2D eigenvalue weighted by molar-refractivity contribution is 0.0778. The molecule has 0 atom stereocenters. The molecule has 3 rings (SSSR count). The quantitative estimate of drug-likeness (QED) is 0.462. The van der Waals surface area contributed by atoms with Gasteiger partial charge in [-0.05, 0) is 35.7 Å². The third kappa shape index (κ3) is 4.76. The summed E-state index contributed by atoms with van der Waals surface area (Å²) in [7, 11) is -3.17. The number of aromatic nitrogens is 2. The number of nitrogens with zero attached hydrogens (tertiary/aromatic N) is 2. The molecule has 5 N–H and O–H groups in total. The molecule has 0 aliphatic heterocycles. The number of anilines is 1. The van der Waals surface area contributed by atoms with E-state index in [2.05, 4.69) is 9.97 Å². The number of carbonyl (C=O) groups is 2. The van der Waals surface area contributed by atoms with Crippen LogP contribution in [0.5, 0.6) is 0 Å². The van der Waals surface area contributed by atoms with Gasteiger partial charge >= 0.3 is 0 Å². The molecule has 0 unspecified atom stereocenters. The predicted octanol–water partition coefficient (Wildman–Crippen LogP) is 2.60. The first-order chi connectivity index (χ1) is 15.8. The van der Waals surface area contributed by atoms with Gasteiger partial charge in [-0.3, -0.25) is 9.59 Å². The standard InChI is InChI=1S/C22H23F2N5O4S/c1-11(2)17-18(22(31)29(3)10-12-4-5-27-16(25)6-12)28-19(21(26)30)20(17)34(32,33)15-8-13(23)7-14(24)9-15/h4-9,11,28H,10H2,1-3H3,(H2,25,27)(H2,26,30). The summed E-state index contributed by atoms with van der Waals surface area (Å²) in [6.07, 6.45) is 1.48. The molecule has 3 aromatic rings. The molecule has 0 saturated carbocycles. The maximum Gasteiger partial charge on any atom is 0.270 e. The number of amides is 2. The second-order valence-electron chi connectivity index (χ2n) is 8.00. The smallest absolute Gasteiger partial charge is 0.270 e. The normalized spacial score (nSPS) is 11.6. The molecule has 0 saturated heterocycles. The number of primary amides is 1. The zero-order chi connectivity index (χ0) is 25.4. The van der Waals surface area contributed by atoms with E-state index in [-0.39, 0.29) is 23.6 Å². The lowest BCUT2D eigenvalue weighted by Gasteiger charge is -2.19. The molecule has 0 aliphatic carbocycles. The Bertz CT molecular complexity index is 1370. The first kappa shape index (κ1) is 24.8. The van der Waals surface area contributed by atoms with Crippen LogP contribution in [0.15, 0.2) is 46.3 Å². The molecule has 0 aliphatic rings. The maximum atomic E-state index is 13.8. The van der Waals surface area contributed by atoms with Crippen LogP contribution in [0, 0.1) is 11.6 Å². The second-order valence-corrected chi connectivity index (χ2v) is 9.88. The third-order valence-corrected chi connectivity index (χ3v) is 6.87. The number of sulfone groups is 1. The number of aromatic amines is 1. The molecule has 0 fully saturated rings. The van der Waals surface area contributed by atoms with E-state index in [1.807, 2.05) is 0 Å². The second kappa shape index (κ2) is 9.21. The number of rotatable bonds is 7. The van der Waals surface area contributed by atoms with Crippen LogP contribution in [0.3, 0.4) is 0 Å². The first-order valence-electron chi connectivity index (χ1n) is 10.1. The Kier molecular flexibility index (Phi) is 6.73.